The van der Waals surface area contributed by atoms with Crippen molar-refractivity contribution in [1.29, 1.82) is 0 Å². The van der Waals surface area contributed by atoms with Gasteiger partial charge >= 0.3 is 0 Å². The van der Waals surface area contributed by atoms with Gasteiger partial charge in [0.05, 0.1) is 5.92 Å². The first-order valence-electron chi connectivity index (χ1n) is 12.8. The number of Topliss-reactive ketones (excluding diaryl/α,β-unsaturated/α-hetero) is 3. The number of rotatable bonds is 6. The largest absolute Gasteiger partial charge is 0.294 e. The Balaban J connectivity index is 2.46. The number of carbonyl (C=O) groups excluding carboxylic acids is 3. The Morgan fingerprint density at radius 3 is 0.757 bits per heavy atom. The highest BCUT2D eigenvalue weighted by atomic mass is 16.1. The van der Waals surface area contributed by atoms with Crippen LogP contribution in [-0.4, -0.2) is 17.3 Å². The van der Waals surface area contributed by atoms with Crippen molar-refractivity contribution in [2.75, 3.05) is 0 Å². The smallest absolute Gasteiger partial charge is 0.168 e. The van der Waals surface area contributed by atoms with E-state index in [1.807, 2.05) is 135 Å². The molecule has 0 aromatic heterocycles. The molecule has 3 heteroatoms. The highest BCUT2D eigenvalue weighted by Crippen LogP contribution is 2.40. The van der Waals surface area contributed by atoms with Crippen LogP contribution in [0.15, 0.2) is 72.8 Å². The van der Waals surface area contributed by atoms with Gasteiger partial charge in [0.15, 0.2) is 17.3 Å². The van der Waals surface area contributed by atoms with Crippen molar-refractivity contribution < 1.29 is 14.4 Å². The lowest BCUT2D eigenvalue weighted by atomic mass is 9.72. The molecule has 3 aromatic rings. The van der Waals surface area contributed by atoms with E-state index in [1.54, 1.807) is 0 Å². The van der Waals surface area contributed by atoms with Gasteiger partial charge in [-0.2, -0.15) is 0 Å². The van der Waals surface area contributed by atoms with Gasteiger partial charge < -0.3 is 0 Å². The molecule has 37 heavy (non-hydrogen) atoms. The van der Waals surface area contributed by atoms with Gasteiger partial charge in [0.2, 0.25) is 0 Å². The summed E-state index contributed by atoms with van der Waals surface area (Å²) in [6, 6.07) is 22.6. The Hall–Kier alpha value is -3.33. The summed E-state index contributed by atoms with van der Waals surface area (Å²) in [6.45, 7) is 17.1. The van der Waals surface area contributed by atoms with E-state index in [2.05, 4.69) is 0 Å². The van der Waals surface area contributed by atoms with Crippen molar-refractivity contribution in [1.82, 2.24) is 0 Å². The van der Waals surface area contributed by atoms with Crippen molar-refractivity contribution in [3.8, 4) is 0 Å². The van der Waals surface area contributed by atoms with Gasteiger partial charge in [0, 0.05) is 32.9 Å². The van der Waals surface area contributed by atoms with E-state index >= 15 is 0 Å². The fraction of sp³-hybridized carbons (Fsp3) is 0.353. The van der Waals surface area contributed by atoms with E-state index in [0.717, 1.165) is 5.92 Å². The van der Waals surface area contributed by atoms with Crippen LogP contribution in [0.1, 0.15) is 110 Å². The van der Waals surface area contributed by atoms with E-state index in [4.69, 9.17) is 0 Å². The van der Waals surface area contributed by atoms with Gasteiger partial charge in [-0.05, 0) is 16.7 Å². The summed E-state index contributed by atoms with van der Waals surface area (Å²) in [6.07, 6.45) is 0. The zero-order valence-electron chi connectivity index (χ0n) is 23.7. The van der Waals surface area contributed by atoms with Crippen LogP contribution in [-0.2, 0) is 0 Å². The van der Waals surface area contributed by atoms with Crippen molar-refractivity contribution in [3.05, 3.63) is 112 Å². The van der Waals surface area contributed by atoms with E-state index in [1.165, 1.54) is 0 Å². The first-order chi connectivity index (χ1) is 17.0. The van der Waals surface area contributed by atoms with Crippen LogP contribution >= 0.6 is 0 Å². The average Bonchev–Trinajstić information content (AvgIpc) is 2.82. The van der Waals surface area contributed by atoms with Gasteiger partial charge in [0.1, 0.15) is 0 Å². The summed E-state index contributed by atoms with van der Waals surface area (Å²) in [5.74, 6) is 0.717. The summed E-state index contributed by atoms with van der Waals surface area (Å²) in [7, 11) is 0. The summed E-state index contributed by atoms with van der Waals surface area (Å²) in [5.41, 5.74) is 2.03. The summed E-state index contributed by atoms with van der Waals surface area (Å²) in [5, 5.41) is 0. The Labute approximate surface area is 222 Å². The van der Waals surface area contributed by atoms with Crippen LogP contribution in [0.2, 0.25) is 0 Å². The molecular weight excluding hydrogens is 456 g/mol. The highest BCUT2D eigenvalue weighted by Gasteiger charge is 2.35. The fourth-order valence-electron chi connectivity index (χ4n) is 4.34. The number of hydrogen-bond donors (Lipinski definition) is 0. The SMILES string of the molecule is CC(C)(C)C(=O)c1ccccc1[C](c1ccccc1C(=O)C(C)(C)C)c1ccccc1C(=O)C(C)(C)C. The minimum absolute atomic E-state index is 0.000131. The third kappa shape index (κ3) is 5.98. The van der Waals surface area contributed by atoms with Gasteiger partial charge in [0.25, 0.3) is 0 Å². The average molecular weight is 496 g/mol. The minimum atomic E-state index is -0.608. The molecule has 3 nitrogen and oxygen atoms in total. The maximum Gasteiger partial charge on any atom is 0.168 e. The fourth-order valence-corrected chi connectivity index (χ4v) is 4.34. The van der Waals surface area contributed by atoms with Gasteiger partial charge in [-0.1, -0.05) is 135 Å². The molecule has 0 bridgehead atoms. The second-order valence-corrected chi connectivity index (χ2v) is 12.7. The lowest BCUT2D eigenvalue weighted by Crippen LogP contribution is -2.27. The number of ketones is 3. The van der Waals surface area contributed by atoms with E-state index in [0.29, 0.717) is 33.4 Å². The first-order valence-corrected chi connectivity index (χ1v) is 12.8. The number of benzene rings is 3. The molecule has 0 heterocycles. The van der Waals surface area contributed by atoms with E-state index < -0.39 is 16.2 Å². The molecule has 0 N–H and O–H groups in total. The Morgan fingerprint density at radius 1 is 0.378 bits per heavy atom. The van der Waals surface area contributed by atoms with Crippen LogP contribution in [0, 0.1) is 22.2 Å². The lowest BCUT2D eigenvalue weighted by Gasteiger charge is -2.29. The van der Waals surface area contributed by atoms with Crippen LogP contribution in [0.25, 0.3) is 0 Å². The maximum atomic E-state index is 13.7. The van der Waals surface area contributed by atoms with Crippen LogP contribution in [0.3, 0.4) is 0 Å². The first kappa shape index (κ1) is 28.2. The molecule has 1 radical (unpaired) electrons. The summed E-state index contributed by atoms with van der Waals surface area (Å²) < 4.78 is 0. The third-order valence-corrected chi connectivity index (χ3v) is 6.37. The van der Waals surface area contributed by atoms with E-state index in [9.17, 15) is 14.4 Å². The summed E-state index contributed by atoms with van der Waals surface area (Å²) in [4.78, 5) is 41.0. The molecule has 0 saturated heterocycles. The normalized spacial score (nSPS) is 12.5. The molecule has 0 unspecified atom stereocenters. The number of carbonyl (C=O) groups is 3. The predicted octanol–water partition coefficient (Wildman–Crippen LogP) is 8.39. The molecule has 3 rings (SSSR count). The van der Waals surface area contributed by atoms with Crippen LogP contribution < -0.4 is 0 Å². The molecule has 0 amide bonds. The van der Waals surface area contributed by atoms with Crippen molar-refractivity contribution >= 4 is 17.3 Å². The van der Waals surface area contributed by atoms with Crippen molar-refractivity contribution in [3.63, 3.8) is 0 Å². The maximum absolute atomic E-state index is 13.7. The molecule has 0 aliphatic rings. The van der Waals surface area contributed by atoms with Crippen LogP contribution in [0.5, 0.6) is 0 Å². The second kappa shape index (κ2) is 10.2. The molecule has 0 atom stereocenters. The molecule has 0 aliphatic heterocycles. The number of hydrogen-bond acceptors (Lipinski definition) is 3. The Morgan fingerprint density at radius 2 is 0.568 bits per heavy atom. The Kier molecular flexibility index (Phi) is 7.79. The molecule has 0 saturated carbocycles. The quantitative estimate of drug-likeness (QED) is 0.255. The molecule has 3 aromatic carbocycles. The zero-order valence-corrected chi connectivity index (χ0v) is 23.7. The van der Waals surface area contributed by atoms with Gasteiger partial charge in [-0.15, -0.1) is 0 Å². The molecule has 0 fully saturated rings. The monoisotopic (exact) mass is 495 g/mol. The highest BCUT2D eigenvalue weighted by molar-refractivity contribution is 6.06. The molecule has 0 spiro atoms. The third-order valence-electron chi connectivity index (χ3n) is 6.37. The predicted molar refractivity (Wildman–Crippen MR) is 151 cm³/mol. The van der Waals surface area contributed by atoms with E-state index in [-0.39, 0.29) is 17.3 Å². The zero-order chi connectivity index (χ0) is 27.8. The van der Waals surface area contributed by atoms with Gasteiger partial charge in [-0.25, -0.2) is 0 Å². The Bertz CT molecular complexity index is 1160. The molecule has 193 valence electrons. The lowest BCUT2D eigenvalue weighted by molar-refractivity contribution is 0.0853. The molecular formula is C34H39O3. The topological polar surface area (TPSA) is 51.2 Å². The van der Waals surface area contributed by atoms with Gasteiger partial charge in [-0.3, -0.25) is 14.4 Å². The second-order valence-electron chi connectivity index (χ2n) is 12.7. The van der Waals surface area contributed by atoms with Crippen molar-refractivity contribution in [2.45, 2.75) is 62.3 Å². The minimum Gasteiger partial charge on any atom is -0.294 e. The van der Waals surface area contributed by atoms with Crippen molar-refractivity contribution in [2.24, 2.45) is 16.2 Å². The summed E-state index contributed by atoms with van der Waals surface area (Å²) >= 11 is 0. The van der Waals surface area contributed by atoms with Crippen LogP contribution in [0.4, 0.5) is 0 Å². The standard InChI is InChI=1S/C34H39O3/c1-32(2,3)29(35)25-19-13-10-16-22(25)28(23-17-11-14-20-26(23)30(36)33(4,5)6)24-18-12-15-21-27(24)31(37)34(7,8)9/h10-21H,1-9H3. The molecule has 0 aliphatic carbocycles.